The van der Waals surface area contributed by atoms with E-state index in [1.807, 2.05) is 6.92 Å². The molecule has 1 heterocycles. The molecule has 0 aliphatic carbocycles. The van der Waals surface area contributed by atoms with Gasteiger partial charge in [0.15, 0.2) is 10.9 Å². The molecular weight excluding hydrogens is 410 g/mol. The standard InChI is InChI=1S/C19H13Cl2FN2O2S/c1-11-8-14(6-7-15(11)20)26-18(25)17-16(21)9-23-19(24-17)27-10-12-2-4-13(22)5-3-12/h2-9H,10H2,1H3. The van der Waals surface area contributed by atoms with Crippen molar-refractivity contribution in [3.05, 3.63) is 81.3 Å². The number of ether oxygens (including phenoxy) is 1. The van der Waals surface area contributed by atoms with Gasteiger partial charge >= 0.3 is 5.97 Å². The highest BCUT2D eigenvalue weighted by Gasteiger charge is 2.17. The van der Waals surface area contributed by atoms with Gasteiger partial charge < -0.3 is 4.74 Å². The van der Waals surface area contributed by atoms with Crippen LogP contribution in [0.4, 0.5) is 4.39 Å². The first-order valence-corrected chi connectivity index (χ1v) is 9.54. The van der Waals surface area contributed by atoms with Crippen molar-refractivity contribution in [3.63, 3.8) is 0 Å². The van der Waals surface area contributed by atoms with Crippen molar-refractivity contribution >= 4 is 40.9 Å². The Morgan fingerprint density at radius 1 is 1.15 bits per heavy atom. The summed E-state index contributed by atoms with van der Waals surface area (Å²) < 4.78 is 18.3. The zero-order valence-corrected chi connectivity index (χ0v) is 16.4. The molecule has 138 valence electrons. The molecule has 0 fully saturated rings. The molecule has 0 aliphatic heterocycles. The van der Waals surface area contributed by atoms with Gasteiger partial charge in [0, 0.05) is 10.8 Å². The van der Waals surface area contributed by atoms with Crippen LogP contribution >= 0.6 is 35.0 Å². The Morgan fingerprint density at radius 3 is 2.59 bits per heavy atom. The summed E-state index contributed by atoms with van der Waals surface area (Å²) in [6, 6.07) is 11.0. The lowest BCUT2D eigenvalue weighted by Crippen LogP contribution is -2.12. The van der Waals surface area contributed by atoms with E-state index in [0.29, 0.717) is 21.7 Å². The van der Waals surface area contributed by atoms with E-state index in [4.69, 9.17) is 27.9 Å². The van der Waals surface area contributed by atoms with Crippen LogP contribution in [0.25, 0.3) is 0 Å². The minimum Gasteiger partial charge on any atom is -0.422 e. The number of esters is 1. The molecule has 4 nitrogen and oxygen atoms in total. The second kappa shape index (κ2) is 8.69. The first kappa shape index (κ1) is 19.6. The third kappa shape index (κ3) is 5.19. The monoisotopic (exact) mass is 422 g/mol. The Hall–Kier alpha value is -2.15. The third-order valence-electron chi connectivity index (χ3n) is 3.54. The van der Waals surface area contributed by atoms with Gasteiger partial charge in [-0.15, -0.1) is 0 Å². The Balaban J connectivity index is 1.72. The first-order valence-electron chi connectivity index (χ1n) is 7.80. The molecule has 8 heteroatoms. The van der Waals surface area contributed by atoms with Crippen molar-refractivity contribution in [3.8, 4) is 5.75 Å². The van der Waals surface area contributed by atoms with E-state index in [-0.39, 0.29) is 16.5 Å². The van der Waals surface area contributed by atoms with Crippen LogP contribution in [0.3, 0.4) is 0 Å². The average molecular weight is 423 g/mol. The number of aryl methyl sites for hydroxylation is 1. The SMILES string of the molecule is Cc1cc(OC(=O)c2nc(SCc3ccc(F)cc3)ncc2Cl)ccc1Cl. The van der Waals surface area contributed by atoms with Gasteiger partial charge in [0.2, 0.25) is 0 Å². The number of carbonyl (C=O) groups excluding carboxylic acids is 1. The van der Waals surface area contributed by atoms with Gasteiger partial charge in [-0.2, -0.15) is 0 Å². The van der Waals surface area contributed by atoms with E-state index in [2.05, 4.69) is 9.97 Å². The predicted molar refractivity (Wildman–Crippen MR) is 104 cm³/mol. The van der Waals surface area contributed by atoms with E-state index >= 15 is 0 Å². The molecule has 0 saturated carbocycles. The van der Waals surface area contributed by atoms with Crippen molar-refractivity contribution in [1.82, 2.24) is 9.97 Å². The zero-order chi connectivity index (χ0) is 19.4. The smallest absolute Gasteiger partial charge is 0.364 e. The first-order chi connectivity index (χ1) is 12.9. The molecule has 3 aromatic rings. The lowest BCUT2D eigenvalue weighted by molar-refractivity contribution is 0.0727. The van der Waals surface area contributed by atoms with Gasteiger partial charge in [0.25, 0.3) is 0 Å². The molecule has 0 aliphatic rings. The molecule has 0 amide bonds. The van der Waals surface area contributed by atoms with Crippen molar-refractivity contribution in [2.24, 2.45) is 0 Å². The topological polar surface area (TPSA) is 52.1 Å². The van der Waals surface area contributed by atoms with Crippen molar-refractivity contribution < 1.29 is 13.9 Å². The fraction of sp³-hybridized carbons (Fsp3) is 0.105. The molecule has 0 atom stereocenters. The Morgan fingerprint density at radius 2 is 1.89 bits per heavy atom. The quantitative estimate of drug-likeness (QED) is 0.227. The highest BCUT2D eigenvalue weighted by Crippen LogP contribution is 2.25. The van der Waals surface area contributed by atoms with Crippen molar-refractivity contribution in [2.45, 2.75) is 17.8 Å². The number of hydrogen-bond acceptors (Lipinski definition) is 5. The molecule has 0 bridgehead atoms. The fourth-order valence-electron chi connectivity index (χ4n) is 2.13. The Labute approximate surface area is 169 Å². The van der Waals surface area contributed by atoms with E-state index in [1.165, 1.54) is 30.1 Å². The maximum absolute atomic E-state index is 13.0. The van der Waals surface area contributed by atoms with Crippen LogP contribution in [0.5, 0.6) is 5.75 Å². The van der Waals surface area contributed by atoms with Crippen molar-refractivity contribution in [2.75, 3.05) is 0 Å². The van der Waals surface area contributed by atoms with Crippen LogP contribution in [0.2, 0.25) is 10.0 Å². The number of rotatable bonds is 5. The van der Waals surface area contributed by atoms with Crippen molar-refractivity contribution in [1.29, 1.82) is 0 Å². The molecule has 0 saturated heterocycles. The van der Waals surface area contributed by atoms with Gasteiger partial charge in [-0.1, -0.05) is 47.1 Å². The number of carbonyl (C=O) groups is 1. The summed E-state index contributed by atoms with van der Waals surface area (Å²) in [7, 11) is 0. The molecule has 2 aromatic carbocycles. The minimum absolute atomic E-state index is 0.0270. The van der Waals surface area contributed by atoms with Gasteiger partial charge in [-0.25, -0.2) is 19.2 Å². The lowest BCUT2D eigenvalue weighted by atomic mass is 10.2. The molecule has 3 rings (SSSR count). The Kier molecular flexibility index (Phi) is 6.31. The largest absolute Gasteiger partial charge is 0.422 e. The highest BCUT2D eigenvalue weighted by atomic mass is 35.5. The van der Waals surface area contributed by atoms with Gasteiger partial charge in [0.1, 0.15) is 11.6 Å². The van der Waals surface area contributed by atoms with Crippen LogP contribution < -0.4 is 4.74 Å². The maximum Gasteiger partial charge on any atom is 0.364 e. The number of benzene rings is 2. The summed E-state index contributed by atoms with van der Waals surface area (Å²) >= 11 is 13.3. The summed E-state index contributed by atoms with van der Waals surface area (Å²) in [6.45, 7) is 1.81. The number of thioether (sulfide) groups is 1. The third-order valence-corrected chi connectivity index (χ3v) is 5.17. The number of aromatic nitrogens is 2. The number of halogens is 3. The van der Waals surface area contributed by atoms with Crippen LogP contribution in [-0.4, -0.2) is 15.9 Å². The van der Waals surface area contributed by atoms with Crippen LogP contribution in [0.15, 0.2) is 53.8 Å². The summed E-state index contributed by atoms with van der Waals surface area (Å²) in [4.78, 5) is 20.7. The molecule has 0 radical (unpaired) electrons. The van der Waals surface area contributed by atoms with Crippen LogP contribution in [0.1, 0.15) is 21.6 Å². The van der Waals surface area contributed by atoms with Crippen LogP contribution in [0, 0.1) is 12.7 Å². The molecule has 27 heavy (non-hydrogen) atoms. The predicted octanol–water partition coefficient (Wildman–Crippen LogP) is 5.74. The summed E-state index contributed by atoms with van der Waals surface area (Å²) in [5.41, 5.74) is 1.66. The normalized spacial score (nSPS) is 10.7. The van der Waals surface area contributed by atoms with Gasteiger partial charge in [0.05, 0.1) is 11.2 Å². The summed E-state index contributed by atoms with van der Waals surface area (Å²) in [5.74, 6) is -0.119. The van der Waals surface area contributed by atoms with Gasteiger partial charge in [-0.3, -0.25) is 0 Å². The van der Waals surface area contributed by atoms with E-state index in [9.17, 15) is 9.18 Å². The minimum atomic E-state index is -0.687. The summed E-state index contributed by atoms with van der Waals surface area (Å²) in [5, 5.41) is 1.04. The molecule has 0 unspecified atom stereocenters. The zero-order valence-electron chi connectivity index (χ0n) is 14.1. The second-order valence-electron chi connectivity index (χ2n) is 5.56. The maximum atomic E-state index is 13.0. The van der Waals surface area contributed by atoms with E-state index in [0.717, 1.165) is 11.1 Å². The molecular formula is C19H13Cl2FN2O2S. The highest BCUT2D eigenvalue weighted by molar-refractivity contribution is 7.98. The Bertz CT molecular complexity index is 984. The van der Waals surface area contributed by atoms with Crippen LogP contribution in [-0.2, 0) is 5.75 Å². The van der Waals surface area contributed by atoms with E-state index < -0.39 is 5.97 Å². The number of nitrogens with zero attached hydrogens (tertiary/aromatic N) is 2. The fourth-order valence-corrected chi connectivity index (χ4v) is 3.19. The summed E-state index contributed by atoms with van der Waals surface area (Å²) in [6.07, 6.45) is 1.35. The average Bonchev–Trinajstić information content (AvgIpc) is 2.65. The molecule has 1 aromatic heterocycles. The second-order valence-corrected chi connectivity index (χ2v) is 7.32. The lowest BCUT2D eigenvalue weighted by Gasteiger charge is -2.08. The number of hydrogen-bond donors (Lipinski definition) is 0. The van der Waals surface area contributed by atoms with Gasteiger partial charge in [-0.05, 0) is 48.4 Å². The molecule has 0 spiro atoms. The molecule has 0 N–H and O–H groups in total. The van der Waals surface area contributed by atoms with E-state index in [1.54, 1.807) is 30.3 Å².